The van der Waals surface area contributed by atoms with E-state index in [1.807, 2.05) is 4.72 Å². The van der Waals surface area contributed by atoms with Crippen LogP contribution in [0.4, 0.5) is 5.69 Å². The quantitative estimate of drug-likeness (QED) is 0.538. The van der Waals surface area contributed by atoms with Crippen molar-refractivity contribution in [2.45, 2.75) is 31.2 Å². The fraction of sp³-hybridized carbons (Fsp3) is 0.417. The number of hydrogen-bond donors (Lipinski definition) is 2. The molecule has 0 aliphatic carbocycles. The predicted molar refractivity (Wildman–Crippen MR) is 82.0 cm³/mol. The Hall–Kier alpha value is -1.52. The molecular formula is C12H15BrN2O6S. The number of nitro benzene ring substituents is 1. The van der Waals surface area contributed by atoms with Crippen LogP contribution in [0.25, 0.3) is 0 Å². The normalized spacial score (nSPS) is 13.1. The van der Waals surface area contributed by atoms with Crippen molar-refractivity contribution in [3.05, 3.63) is 32.8 Å². The third-order valence-corrected chi connectivity index (χ3v) is 4.72. The number of nitrogens with zero attached hydrogens (tertiary/aromatic N) is 1. The van der Waals surface area contributed by atoms with Gasteiger partial charge in [0.05, 0.1) is 4.92 Å². The van der Waals surface area contributed by atoms with Crippen LogP contribution in [0.15, 0.2) is 27.6 Å². The molecule has 0 amide bonds. The second kappa shape index (κ2) is 7.16. The summed E-state index contributed by atoms with van der Waals surface area (Å²) in [5.74, 6) is -1.40. The van der Waals surface area contributed by atoms with Gasteiger partial charge in [-0.3, -0.25) is 14.9 Å². The molecule has 1 aromatic rings. The number of benzene rings is 1. The van der Waals surface area contributed by atoms with Crippen molar-refractivity contribution in [1.29, 1.82) is 0 Å². The van der Waals surface area contributed by atoms with Crippen molar-refractivity contribution >= 4 is 37.6 Å². The standard InChI is InChI=1S/C12H15BrN2O6S/c1-7(2)5-9(12(16)17)14-22(20,21)11-4-3-8(13)6-10(11)15(18)19/h3-4,6-7,9,14H,5H2,1-2H3,(H,16,17). The molecule has 0 bridgehead atoms. The molecule has 0 saturated carbocycles. The highest BCUT2D eigenvalue weighted by atomic mass is 79.9. The summed E-state index contributed by atoms with van der Waals surface area (Å²) >= 11 is 3.02. The van der Waals surface area contributed by atoms with E-state index in [-0.39, 0.29) is 12.3 Å². The van der Waals surface area contributed by atoms with Gasteiger partial charge in [-0.2, -0.15) is 4.72 Å². The minimum Gasteiger partial charge on any atom is -0.480 e. The number of carboxylic acids is 1. The fourth-order valence-electron chi connectivity index (χ4n) is 1.78. The van der Waals surface area contributed by atoms with Crippen molar-refractivity contribution in [3.63, 3.8) is 0 Å². The molecule has 122 valence electrons. The Morgan fingerprint density at radius 2 is 2.05 bits per heavy atom. The van der Waals surface area contributed by atoms with Gasteiger partial charge >= 0.3 is 5.97 Å². The maximum absolute atomic E-state index is 12.3. The van der Waals surface area contributed by atoms with Crippen LogP contribution < -0.4 is 4.72 Å². The Labute approximate surface area is 135 Å². The van der Waals surface area contributed by atoms with Gasteiger partial charge in [0, 0.05) is 10.5 Å². The van der Waals surface area contributed by atoms with Gasteiger partial charge in [-0.15, -0.1) is 0 Å². The number of nitro groups is 1. The van der Waals surface area contributed by atoms with Crippen molar-refractivity contribution in [2.75, 3.05) is 0 Å². The third kappa shape index (κ3) is 4.75. The summed E-state index contributed by atoms with van der Waals surface area (Å²) in [4.78, 5) is 20.7. The first-order valence-corrected chi connectivity index (χ1v) is 8.51. The van der Waals surface area contributed by atoms with Gasteiger partial charge in [0.1, 0.15) is 6.04 Å². The number of aliphatic carboxylic acids is 1. The maximum atomic E-state index is 12.3. The molecule has 0 spiro atoms. The summed E-state index contributed by atoms with van der Waals surface area (Å²) in [6, 6.07) is 2.08. The molecule has 1 unspecified atom stereocenters. The topological polar surface area (TPSA) is 127 Å². The zero-order chi connectivity index (χ0) is 17.1. The lowest BCUT2D eigenvalue weighted by Crippen LogP contribution is -2.41. The van der Waals surface area contributed by atoms with Gasteiger partial charge in [0.25, 0.3) is 5.69 Å². The molecule has 1 aromatic carbocycles. The number of carbonyl (C=O) groups is 1. The summed E-state index contributed by atoms with van der Waals surface area (Å²) in [5, 5.41) is 20.1. The highest BCUT2D eigenvalue weighted by Crippen LogP contribution is 2.27. The van der Waals surface area contributed by atoms with Crippen molar-refractivity contribution in [2.24, 2.45) is 5.92 Å². The van der Waals surface area contributed by atoms with Crippen molar-refractivity contribution in [3.8, 4) is 0 Å². The molecule has 0 saturated heterocycles. The Balaban J connectivity index is 3.24. The molecular weight excluding hydrogens is 380 g/mol. The van der Waals surface area contributed by atoms with E-state index in [1.54, 1.807) is 13.8 Å². The lowest BCUT2D eigenvalue weighted by atomic mass is 10.1. The maximum Gasteiger partial charge on any atom is 0.321 e. The van der Waals surface area contributed by atoms with E-state index in [0.717, 1.165) is 12.1 Å². The van der Waals surface area contributed by atoms with E-state index >= 15 is 0 Å². The van der Waals surface area contributed by atoms with Crippen LogP contribution in [0.2, 0.25) is 0 Å². The molecule has 8 nitrogen and oxygen atoms in total. The largest absolute Gasteiger partial charge is 0.480 e. The first kappa shape index (κ1) is 18.5. The van der Waals surface area contributed by atoms with Crippen LogP contribution >= 0.6 is 15.9 Å². The molecule has 0 heterocycles. The Morgan fingerprint density at radius 3 is 2.50 bits per heavy atom. The van der Waals surface area contributed by atoms with Crippen molar-refractivity contribution in [1.82, 2.24) is 4.72 Å². The summed E-state index contributed by atoms with van der Waals surface area (Å²) in [6.45, 7) is 3.48. The molecule has 2 N–H and O–H groups in total. The number of halogens is 1. The first-order chi connectivity index (χ1) is 10.0. The Morgan fingerprint density at radius 1 is 1.45 bits per heavy atom. The molecule has 0 aliphatic heterocycles. The SMILES string of the molecule is CC(C)CC(NS(=O)(=O)c1ccc(Br)cc1[N+](=O)[O-])C(=O)O. The van der Waals surface area contributed by atoms with Crippen LogP contribution in [0.5, 0.6) is 0 Å². The second-order valence-corrected chi connectivity index (χ2v) is 7.61. The van der Waals surface area contributed by atoms with E-state index in [4.69, 9.17) is 5.11 Å². The van der Waals surface area contributed by atoms with E-state index in [1.165, 1.54) is 6.07 Å². The van der Waals surface area contributed by atoms with Crippen molar-refractivity contribution < 1.29 is 23.2 Å². The summed E-state index contributed by atoms with van der Waals surface area (Å²) in [5.41, 5.74) is -0.629. The summed E-state index contributed by atoms with van der Waals surface area (Å²) in [7, 11) is -4.34. The van der Waals surface area contributed by atoms with E-state index in [2.05, 4.69) is 15.9 Å². The number of nitrogens with one attached hydrogen (secondary N) is 1. The fourth-order valence-corrected chi connectivity index (χ4v) is 3.49. The predicted octanol–water partition coefficient (Wildman–Crippen LogP) is 2.13. The van der Waals surface area contributed by atoms with Crippen LogP contribution in [0.3, 0.4) is 0 Å². The average molecular weight is 395 g/mol. The van der Waals surface area contributed by atoms with E-state index in [9.17, 15) is 23.3 Å². The minimum absolute atomic E-state index is 0.0660. The van der Waals surface area contributed by atoms with Gasteiger partial charge < -0.3 is 5.11 Å². The van der Waals surface area contributed by atoms with Crippen LogP contribution in [-0.2, 0) is 14.8 Å². The summed E-state index contributed by atoms with van der Waals surface area (Å²) in [6.07, 6.45) is 0.0683. The molecule has 0 aliphatic rings. The molecule has 0 radical (unpaired) electrons. The van der Waals surface area contributed by atoms with Gasteiger partial charge in [0.2, 0.25) is 10.0 Å². The summed E-state index contributed by atoms with van der Waals surface area (Å²) < 4.78 is 26.9. The van der Waals surface area contributed by atoms with E-state index < -0.39 is 37.5 Å². The average Bonchev–Trinajstić information content (AvgIpc) is 2.36. The smallest absolute Gasteiger partial charge is 0.321 e. The zero-order valence-electron chi connectivity index (χ0n) is 11.8. The molecule has 0 aromatic heterocycles. The third-order valence-electron chi connectivity index (χ3n) is 2.71. The van der Waals surface area contributed by atoms with Gasteiger partial charge in [-0.05, 0) is 24.5 Å². The van der Waals surface area contributed by atoms with Crippen LogP contribution in [0, 0.1) is 16.0 Å². The van der Waals surface area contributed by atoms with Gasteiger partial charge in [-0.1, -0.05) is 29.8 Å². The Kier molecular flexibility index (Phi) is 6.03. The van der Waals surface area contributed by atoms with Gasteiger partial charge in [-0.25, -0.2) is 8.42 Å². The molecule has 1 atom stereocenters. The molecule has 22 heavy (non-hydrogen) atoms. The molecule has 10 heteroatoms. The number of hydrogen-bond acceptors (Lipinski definition) is 5. The first-order valence-electron chi connectivity index (χ1n) is 6.23. The number of sulfonamides is 1. The highest BCUT2D eigenvalue weighted by molar-refractivity contribution is 9.10. The van der Waals surface area contributed by atoms with Crippen LogP contribution in [0.1, 0.15) is 20.3 Å². The van der Waals surface area contributed by atoms with Gasteiger partial charge in [0.15, 0.2) is 4.90 Å². The number of carboxylic acid groups (broad SMARTS) is 1. The highest BCUT2D eigenvalue weighted by Gasteiger charge is 2.31. The van der Waals surface area contributed by atoms with Crippen LogP contribution in [-0.4, -0.2) is 30.5 Å². The Bertz CT molecular complexity index is 689. The molecule has 1 rings (SSSR count). The zero-order valence-corrected chi connectivity index (χ0v) is 14.2. The lowest BCUT2D eigenvalue weighted by Gasteiger charge is -2.16. The van der Waals surface area contributed by atoms with E-state index in [0.29, 0.717) is 4.47 Å². The minimum atomic E-state index is -4.34. The number of rotatable bonds is 7. The molecule has 0 fully saturated rings. The lowest BCUT2D eigenvalue weighted by molar-refractivity contribution is -0.387. The monoisotopic (exact) mass is 394 g/mol. The second-order valence-electron chi connectivity index (χ2n) is 5.01.